The molecule has 0 N–H and O–H groups in total. The van der Waals surface area contributed by atoms with E-state index in [0.29, 0.717) is 6.07 Å². The fourth-order valence-electron chi connectivity index (χ4n) is 1.18. The first-order valence-corrected chi connectivity index (χ1v) is 5.43. The van der Waals surface area contributed by atoms with Crippen LogP contribution in [0, 0.1) is 3.57 Å². The van der Waals surface area contributed by atoms with Crippen molar-refractivity contribution in [3.8, 4) is 5.75 Å². The van der Waals surface area contributed by atoms with Crippen molar-refractivity contribution < 1.29 is 39.9 Å². The maximum Gasteiger partial charge on any atom is 0.420 e. The zero-order chi connectivity index (χ0) is 15.0. The van der Waals surface area contributed by atoms with Gasteiger partial charge < -0.3 is 4.74 Å². The van der Waals surface area contributed by atoms with Gasteiger partial charge >= 0.3 is 19.0 Å². The Labute approximate surface area is 114 Å². The lowest BCUT2D eigenvalue weighted by Crippen LogP contribution is -2.15. The minimum Gasteiger partial charge on any atom is -0.433 e. The SMILES string of the molecule is FC(F)Oc1c(I)cc(C(F)(F)F)cc1C(F)(F)F. The highest BCUT2D eigenvalue weighted by molar-refractivity contribution is 14.1. The van der Waals surface area contributed by atoms with Crippen LogP contribution >= 0.6 is 22.6 Å². The van der Waals surface area contributed by atoms with Gasteiger partial charge in [-0.1, -0.05) is 0 Å². The predicted octanol–water partition coefficient (Wildman–Crippen LogP) is 4.93. The number of halogens is 9. The molecule has 0 saturated heterocycles. The van der Waals surface area contributed by atoms with Gasteiger partial charge in [0.1, 0.15) is 0 Å². The first-order valence-electron chi connectivity index (χ1n) is 4.35. The molecule has 0 atom stereocenters. The maximum atomic E-state index is 12.6. The zero-order valence-corrected chi connectivity index (χ0v) is 10.7. The average Bonchev–Trinajstić information content (AvgIpc) is 2.16. The van der Waals surface area contributed by atoms with Gasteiger partial charge in [0, 0.05) is 0 Å². The number of rotatable bonds is 2. The summed E-state index contributed by atoms with van der Waals surface area (Å²) < 4.78 is 102. The second-order valence-electron chi connectivity index (χ2n) is 3.21. The summed E-state index contributed by atoms with van der Waals surface area (Å²) in [6, 6.07) is 0.0351. The number of hydrogen-bond acceptors (Lipinski definition) is 1. The summed E-state index contributed by atoms with van der Waals surface area (Å²) in [6.45, 7) is -3.58. The van der Waals surface area contributed by atoms with Crippen molar-refractivity contribution >= 4 is 22.6 Å². The Kier molecular flexibility index (Phi) is 4.52. The van der Waals surface area contributed by atoms with E-state index in [4.69, 9.17) is 0 Å². The Morgan fingerprint density at radius 1 is 0.947 bits per heavy atom. The fourth-order valence-corrected chi connectivity index (χ4v) is 1.93. The van der Waals surface area contributed by atoms with Gasteiger partial charge in [0.15, 0.2) is 5.75 Å². The Bertz CT molecular complexity index is 465. The van der Waals surface area contributed by atoms with Crippen molar-refractivity contribution in [1.29, 1.82) is 0 Å². The highest BCUT2D eigenvalue weighted by Crippen LogP contribution is 2.43. The molecular weight excluding hydrogens is 403 g/mol. The van der Waals surface area contributed by atoms with Crippen LogP contribution in [0.5, 0.6) is 5.75 Å². The Morgan fingerprint density at radius 3 is 1.84 bits per heavy atom. The van der Waals surface area contributed by atoms with E-state index in [1.165, 1.54) is 0 Å². The van der Waals surface area contributed by atoms with E-state index in [9.17, 15) is 35.1 Å². The normalized spacial score (nSPS) is 12.9. The third-order valence-corrected chi connectivity index (χ3v) is 2.68. The van der Waals surface area contributed by atoms with E-state index in [-0.39, 0.29) is 6.07 Å². The summed E-state index contributed by atoms with van der Waals surface area (Å²) in [5, 5.41) is 0. The van der Waals surface area contributed by atoms with Gasteiger partial charge in [-0.25, -0.2) is 0 Å². The van der Waals surface area contributed by atoms with Crippen molar-refractivity contribution in [1.82, 2.24) is 0 Å². The minimum absolute atomic E-state index is 0.264. The molecule has 10 heteroatoms. The second-order valence-corrected chi connectivity index (χ2v) is 4.37. The van der Waals surface area contributed by atoms with Crippen LogP contribution in [0.3, 0.4) is 0 Å². The Morgan fingerprint density at radius 2 is 1.47 bits per heavy atom. The standard InChI is InChI=1S/C9H3F8IO/c10-7(11)19-6-4(9(15,16)17)1-3(2-5(6)18)8(12,13)14/h1-2,7H. The van der Waals surface area contributed by atoms with Crippen LogP contribution in [0.1, 0.15) is 11.1 Å². The summed E-state index contributed by atoms with van der Waals surface area (Å²) >= 11 is 1.07. The monoisotopic (exact) mass is 406 g/mol. The lowest BCUT2D eigenvalue weighted by Gasteiger charge is -2.17. The molecule has 0 amide bonds. The molecule has 1 aromatic carbocycles. The molecule has 0 fully saturated rings. The van der Waals surface area contributed by atoms with Gasteiger partial charge in [-0.15, -0.1) is 0 Å². The fraction of sp³-hybridized carbons (Fsp3) is 0.333. The zero-order valence-electron chi connectivity index (χ0n) is 8.54. The molecule has 19 heavy (non-hydrogen) atoms. The summed E-state index contributed by atoms with van der Waals surface area (Å²) in [7, 11) is 0. The molecule has 0 radical (unpaired) electrons. The molecule has 0 aliphatic heterocycles. The van der Waals surface area contributed by atoms with Crippen LogP contribution in [0.2, 0.25) is 0 Å². The maximum absolute atomic E-state index is 12.6. The summed E-state index contributed by atoms with van der Waals surface area (Å²) in [5.74, 6) is -1.32. The van der Waals surface area contributed by atoms with Crippen LogP contribution in [0.25, 0.3) is 0 Å². The van der Waals surface area contributed by atoms with E-state index in [1.807, 2.05) is 0 Å². The molecule has 0 heterocycles. The van der Waals surface area contributed by atoms with E-state index >= 15 is 0 Å². The highest BCUT2D eigenvalue weighted by atomic mass is 127. The first-order chi connectivity index (χ1) is 8.43. The molecule has 1 nitrogen and oxygen atoms in total. The number of ether oxygens (including phenoxy) is 1. The van der Waals surface area contributed by atoms with Gasteiger partial charge in [-0.3, -0.25) is 0 Å². The third kappa shape index (κ3) is 4.08. The smallest absolute Gasteiger partial charge is 0.420 e. The van der Waals surface area contributed by atoms with Crippen LogP contribution in [0.4, 0.5) is 35.1 Å². The topological polar surface area (TPSA) is 9.23 Å². The molecular formula is C9H3F8IO. The molecule has 0 unspecified atom stereocenters. The lowest BCUT2D eigenvalue weighted by atomic mass is 10.1. The molecule has 0 aliphatic rings. The summed E-state index contributed by atoms with van der Waals surface area (Å²) in [5.41, 5.74) is -3.49. The number of alkyl halides is 8. The van der Waals surface area contributed by atoms with Crippen molar-refractivity contribution in [3.63, 3.8) is 0 Å². The molecule has 0 bridgehead atoms. The highest BCUT2D eigenvalue weighted by Gasteiger charge is 2.40. The van der Waals surface area contributed by atoms with E-state index in [1.54, 1.807) is 0 Å². The van der Waals surface area contributed by atoms with Crippen LogP contribution in [-0.2, 0) is 12.4 Å². The van der Waals surface area contributed by atoms with Gasteiger partial charge in [-0.05, 0) is 34.7 Å². The van der Waals surface area contributed by atoms with E-state index in [0.717, 1.165) is 22.6 Å². The number of hydrogen-bond donors (Lipinski definition) is 0. The van der Waals surface area contributed by atoms with Gasteiger partial charge in [-0.2, -0.15) is 35.1 Å². The average molecular weight is 406 g/mol. The van der Waals surface area contributed by atoms with Crippen molar-refractivity contribution in [2.24, 2.45) is 0 Å². The van der Waals surface area contributed by atoms with E-state index in [2.05, 4.69) is 4.74 Å². The molecule has 0 aromatic heterocycles. The van der Waals surface area contributed by atoms with Crippen LogP contribution in [-0.4, -0.2) is 6.61 Å². The van der Waals surface area contributed by atoms with Gasteiger partial charge in [0.25, 0.3) is 0 Å². The Hall–Kier alpha value is -0.810. The number of benzene rings is 1. The van der Waals surface area contributed by atoms with Crippen molar-refractivity contribution in [2.45, 2.75) is 19.0 Å². The first kappa shape index (κ1) is 16.2. The Balaban J connectivity index is 3.48. The minimum atomic E-state index is -5.24. The quantitative estimate of drug-likeness (QED) is 0.500. The summed E-state index contributed by atoms with van der Waals surface area (Å²) in [6.07, 6.45) is -10.3. The molecule has 0 saturated carbocycles. The van der Waals surface area contributed by atoms with Gasteiger partial charge in [0.05, 0.1) is 14.7 Å². The second kappa shape index (κ2) is 5.29. The third-order valence-electron chi connectivity index (χ3n) is 1.88. The largest absolute Gasteiger partial charge is 0.433 e. The molecule has 0 spiro atoms. The molecule has 1 rings (SSSR count). The molecule has 108 valence electrons. The predicted molar refractivity (Wildman–Crippen MR) is 55.8 cm³/mol. The lowest BCUT2D eigenvalue weighted by molar-refractivity contribution is -0.146. The summed E-state index contributed by atoms with van der Waals surface area (Å²) in [4.78, 5) is 0. The molecule has 0 aliphatic carbocycles. The molecule has 1 aromatic rings. The van der Waals surface area contributed by atoms with Crippen LogP contribution < -0.4 is 4.74 Å². The van der Waals surface area contributed by atoms with Crippen molar-refractivity contribution in [3.05, 3.63) is 26.8 Å². The van der Waals surface area contributed by atoms with E-state index < -0.39 is 39.4 Å². The van der Waals surface area contributed by atoms with Crippen LogP contribution in [0.15, 0.2) is 12.1 Å². The van der Waals surface area contributed by atoms with Gasteiger partial charge in [0.2, 0.25) is 0 Å². The van der Waals surface area contributed by atoms with Crippen molar-refractivity contribution in [2.75, 3.05) is 0 Å².